The minimum absolute atomic E-state index is 0.497. The number of nitrogens with zero attached hydrogens (tertiary/aromatic N) is 6. The van der Waals surface area contributed by atoms with E-state index in [1.54, 1.807) is 18.0 Å². The highest BCUT2D eigenvalue weighted by Crippen LogP contribution is 2.30. The largest absolute Gasteiger partial charge is 0.467 e. The fourth-order valence-corrected chi connectivity index (χ4v) is 4.84. The third-order valence-electron chi connectivity index (χ3n) is 5.17. The van der Waals surface area contributed by atoms with Gasteiger partial charge in [0.15, 0.2) is 11.0 Å². The van der Waals surface area contributed by atoms with E-state index in [1.165, 1.54) is 6.42 Å². The van der Waals surface area contributed by atoms with Gasteiger partial charge in [0.05, 0.1) is 18.6 Å². The summed E-state index contributed by atoms with van der Waals surface area (Å²) in [6.45, 7) is 11.5. The molecule has 0 spiro atoms. The summed E-state index contributed by atoms with van der Waals surface area (Å²) in [6.07, 6.45) is 3.77. The van der Waals surface area contributed by atoms with E-state index in [9.17, 15) is 0 Å². The van der Waals surface area contributed by atoms with Crippen molar-refractivity contribution in [1.29, 1.82) is 0 Å². The molecule has 1 aliphatic rings. The van der Waals surface area contributed by atoms with Crippen LogP contribution in [0.1, 0.15) is 51.6 Å². The van der Waals surface area contributed by atoms with Gasteiger partial charge >= 0.3 is 0 Å². The van der Waals surface area contributed by atoms with E-state index in [0.717, 1.165) is 42.2 Å². The number of furan rings is 1. The molecule has 0 aliphatic carbocycles. The van der Waals surface area contributed by atoms with Crippen molar-refractivity contribution >= 4 is 17.7 Å². The molecule has 1 saturated heterocycles. The van der Waals surface area contributed by atoms with Crippen molar-refractivity contribution in [3.63, 3.8) is 0 Å². The number of thioether (sulfide) groups is 1. The molecule has 1 aliphatic heterocycles. The summed E-state index contributed by atoms with van der Waals surface area (Å²) in [7, 11) is 0. The Labute approximate surface area is 181 Å². The van der Waals surface area contributed by atoms with Crippen LogP contribution in [0.25, 0.3) is 0 Å². The maximum atomic E-state index is 5.60. The minimum Gasteiger partial charge on any atom is -0.467 e. The van der Waals surface area contributed by atoms with Crippen LogP contribution in [0, 0.1) is 17.8 Å². The molecule has 3 aromatic heterocycles. The van der Waals surface area contributed by atoms with Crippen molar-refractivity contribution in [3.05, 3.63) is 35.9 Å². The first-order valence-corrected chi connectivity index (χ1v) is 11.6. The Morgan fingerprint density at radius 3 is 2.70 bits per heavy atom. The Bertz CT molecular complexity index is 925. The third kappa shape index (κ3) is 5.06. The minimum atomic E-state index is 0.497. The van der Waals surface area contributed by atoms with Crippen LogP contribution in [-0.4, -0.2) is 38.0 Å². The third-order valence-corrected chi connectivity index (χ3v) is 6.12. The average molecular weight is 431 g/mol. The molecule has 8 nitrogen and oxygen atoms in total. The first-order valence-electron chi connectivity index (χ1n) is 10.6. The van der Waals surface area contributed by atoms with Crippen LogP contribution in [0.5, 0.6) is 0 Å². The maximum absolute atomic E-state index is 5.60. The van der Waals surface area contributed by atoms with Crippen LogP contribution in [-0.2, 0) is 18.7 Å². The molecule has 4 rings (SSSR count). The van der Waals surface area contributed by atoms with Gasteiger partial charge in [0.25, 0.3) is 0 Å². The Hall–Kier alpha value is -2.29. The fourth-order valence-electron chi connectivity index (χ4n) is 4.07. The van der Waals surface area contributed by atoms with E-state index >= 15 is 0 Å². The molecule has 0 amide bonds. The first-order chi connectivity index (χ1) is 14.5. The number of rotatable bonds is 8. The predicted octanol–water partition coefficient (Wildman–Crippen LogP) is 4.28. The first kappa shape index (κ1) is 21.0. The number of piperidine rings is 1. The van der Waals surface area contributed by atoms with Crippen molar-refractivity contribution < 1.29 is 8.94 Å². The highest BCUT2D eigenvalue weighted by atomic mass is 32.2. The van der Waals surface area contributed by atoms with Crippen LogP contribution in [0.2, 0.25) is 0 Å². The van der Waals surface area contributed by atoms with E-state index in [1.807, 2.05) is 12.1 Å². The molecular formula is C21H30N6O2S. The predicted molar refractivity (Wildman–Crippen MR) is 115 cm³/mol. The molecule has 2 atom stereocenters. The van der Waals surface area contributed by atoms with Gasteiger partial charge in [-0.2, -0.15) is 4.98 Å². The molecule has 2 unspecified atom stereocenters. The van der Waals surface area contributed by atoms with E-state index in [-0.39, 0.29) is 0 Å². The van der Waals surface area contributed by atoms with E-state index in [2.05, 4.69) is 57.5 Å². The second kappa shape index (κ2) is 9.24. The molecule has 0 N–H and O–H groups in total. The van der Waals surface area contributed by atoms with Gasteiger partial charge in [0, 0.05) is 19.5 Å². The van der Waals surface area contributed by atoms with Crippen LogP contribution < -0.4 is 4.90 Å². The zero-order valence-electron chi connectivity index (χ0n) is 18.1. The zero-order valence-corrected chi connectivity index (χ0v) is 18.9. The van der Waals surface area contributed by atoms with E-state index < -0.39 is 0 Å². The van der Waals surface area contributed by atoms with Crippen LogP contribution >= 0.6 is 11.8 Å². The second-order valence-corrected chi connectivity index (χ2v) is 9.73. The molecule has 4 heterocycles. The van der Waals surface area contributed by atoms with Gasteiger partial charge in [-0.25, -0.2) is 0 Å². The molecule has 30 heavy (non-hydrogen) atoms. The number of hydrogen-bond donors (Lipinski definition) is 0. The Balaban J connectivity index is 1.53. The standard InChI is InChI=1S/C21H30N6O2S/c1-14(2)8-18-22-19(29-25-18)13-30-21-24-23-20(26-10-15(3)9-16(4)11-26)27(21)12-17-6-5-7-28-17/h5-7,14-16H,8-13H2,1-4H3. The van der Waals surface area contributed by atoms with Crippen molar-refractivity contribution in [3.8, 4) is 0 Å². The molecule has 0 aromatic carbocycles. The highest BCUT2D eigenvalue weighted by molar-refractivity contribution is 7.98. The lowest BCUT2D eigenvalue weighted by atomic mass is 9.92. The summed E-state index contributed by atoms with van der Waals surface area (Å²) in [5.74, 6) is 5.49. The zero-order chi connectivity index (χ0) is 21.1. The summed E-state index contributed by atoms with van der Waals surface area (Å²) in [5, 5.41) is 14.0. The van der Waals surface area contributed by atoms with Gasteiger partial charge in [0.2, 0.25) is 11.8 Å². The lowest BCUT2D eigenvalue weighted by Crippen LogP contribution is -2.40. The molecule has 0 radical (unpaired) electrons. The number of anilines is 1. The number of aromatic nitrogens is 5. The Morgan fingerprint density at radius 1 is 1.20 bits per heavy atom. The summed E-state index contributed by atoms with van der Waals surface area (Å²) < 4.78 is 13.2. The van der Waals surface area contributed by atoms with Gasteiger partial charge in [-0.1, -0.05) is 44.6 Å². The molecule has 3 aromatic rings. The highest BCUT2D eigenvalue weighted by Gasteiger charge is 2.27. The van der Waals surface area contributed by atoms with Crippen LogP contribution in [0.4, 0.5) is 5.95 Å². The molecule has 9 heteroatoms. The van der Waals surface area contributed by atoms with Crippen molar-refractivity contribution in [2.24, 2.45) is 17.8 Å². The normalized spacial score (nSPS) is 19.7. The van der Waals surface area contributed by atoms with Crippen LogP contribution in [0.3, 0.4) is 0 Å². The summed E-state index contributed by atoms with van der Waals surface area (Å²) in [4.78, 5) is 6.86. The van der Waals surface area contributed by atoms with Gasteiger partial charge in [-0.15, -0.1) is 10.2 Å². The lowest BCUT2D eigenvalue weighted by molar-refractivity contribution is 0.350. The SMILES string of the molecule is CC(C)Cc1noc(CSc2nnc(N3CC(C)CC(C)C3)n2Cc2ccco2)n1. The van der Waals surface area contributed by atoms with Crippen LogP contribution in [0.15, 0.2) is 32.5 Å². The lowest BCUT2D eigenvalue weighted by Gasteiger charge is -2.35. The van der Waals surface area contributed by atoms with Gasteiger partial charge < -0.3 is 13.8 Å². The molecule has 1 fully saturated rings. The molecular weight excluding hydrogens is 400 g/mol. The van der Waals surface area contributed by atoms with Crippen molar-refractivity contribution in [2.75, 3.05) is 18.0 Å². The second-order valence-electron chi connectivity index (χ2n) is 8.79. The Morgan fingerprint density at radius 2 is 2.00 bits per heavy atom. The summed E-state index contributed by atoms with van der Waals surface area (Å²) in [6, 6.07) is 3.89. The molecule has 0 bridgehead atoms. The van der Waals surface area contributed by atoms with Crippen molar-refractivity contribution in [1.82, 2.24) is 24.9 Å². The van der Waals surface area contributed by atoms with Gasteiger partial charge in [-0.05, 0) is 36.3 Å². The smallest absolute Gasteiger partial charge is 0.237 e. The van der Waals surface area contributed by atoms with E-state index in [4.69, 9.17) is 8.94 Å². The Kier molecular flexibility index (Phi) is 6.46. The topological polar surface area (TPSA) is 86.0 Å². The van der Waals surface area contributed by atoms with E-state index in [0.29, 0.717) is 35.9 Å². The quantitative estimate of drug-likeness (QED) is 0.490. The van der Waals surface area contributed by atoms with Gasteiger partial charge in [0.1, 0.15) is 5.76 Å². The fraction of sp³-hybridized carbons (Fsp3) is 0.619. The number of hydrogen-bond acceptors (Lipinski definition) is 8. The van der Waals surface area contributed by atoms with Crippen molar-refractivity contribution in [2.45, 2.75) is 58.0 Å². The monoisotopic (exact) mass is 430 g/mol. The molecule has 0 saturated carbocycles. The maximum Gasteiger partial charge on any atom is 0.237 e. The van der Waals surface area contributed by atoms with Gasteiger partial charge in [-0.3, -0.25) is 4.57 Å². The summed E-state index contributed by atoms with van der Waals surface area (Å²) in [5.41, 5.74) is 0. The summed E-state index contributed by atoms with van der Waals surface area (Å²) >= 11 is 1.57. The molecule has 162 valence electrons. The average Bonchev–Trinajstić information content (AvgIpc) is 3.41.